The molecule has 0 fully saturated rings. The van der Waals surface area contributed by atoms with E-state index in [1.807, 2.05) is 0 Å². The molecule has 0 aromatic heterocycles. The Morgan fingerprint density at radius 2 is 1.28 bits per heavy atom. The van der Waals surface area contributed by atoms with Gasteiger partial charge in [-0.1, -0.05) is 97.4 Å². The van der Waals surface area contributed by atoms with Crippen LogP contribution in [0.25, 0.3) is 0 Å². The van der Waals surface area contributed by atoms with Crippen molar-refractivity contribution in [3.05, 3.63) is 89.4 Å². The number of halogens is 1. The van der Waals surface area contributed by atoms with E-state index in [0.717, 1.165) is 11.0 Å². The largest absolute Gasteiger partial charge is 0.406 e. The highest BCUT2D eigenvalue weighted by Crippen LogP contribution is 2.36. The zero-order valence-corrected chi connectivity index (χ0v) is 20.3. The maximum absolute atomic E-state index is 6.97. The lowest BCUT2D eigenvalue weighted by molar-refractivity contribution is 0.306. The molecule has 0 saturated heterocycles. The second-order valence-corrected chi connectivity index (χ2v) is 13.6. The zero-order valence-electron chi connectivity index (χ0n) is 17.7. The zero-order chi connectivity index (χ0) is 20.9. The molecule has 152 valence electrons. The number of nitrogens with zero attached hydrogens (tertiary/aromatic N) is 1. The molecule has 0 aliphatic carbocycles. The van der Waals surface area contributed by atoms with E-state index in [9.17, 15) is 0 Å². The molecule has 29 heavy (non-hydrogen) atoms. The third-order valence-corrected chi connectivity index (χ3v) is 11.0. The van der Waals surface area contributed by atoms with E-state index in [1.165, 1.54) is 16.1 Å². The fraction of sp³-hybridized carbons (Fsp3) is 0.280. The van der Waals surface area contributed by atoms with Crippen molar-refractivity contribution >= 4 is 40.3 Å². The lowest BCUT2D eigenvalue weighted by Crippen LogP contribution is -2.67. The van der Waals surface area contributed by atoms with E-state index >= 15 is 0 Å². The fourth-order valence-corrected chi connectivity index (χ4v) is 8.74. The van der Waals surface area contributed by atoms with Crippen LogP contribution in [-0.2, 0) is 4.43 Å². The minimum Gasteiger partial charge on any atom is -0.406 e. The van der Waals surface area contributed by atoms with Crippen molar-refractivity contribution in [1.29, 1.82) is 0 Å². The van der Waals surface area contributed by atoms with Gasteiger partial charge in [0, 0.05) is 23.8 Å². The molecule has 0 radical (unpaired) electrons. The van der Waals surface area contributed by atoms with E-state index in [2.05, 4.69) is 134 Å². The third-order valence-electron chi connectivity index (χ3n) is 5.43. The second kappa shape index (κ2) is 9.29. The van der Waals surface area contributed by atoms with Crippen LogP contribution in [0.1, 0.15) is 20.8 Å². The molecule has 3 aromatic carbocycles. The summed E-state index contributed by atoms with van der Waals surface area (Å²) in [4.78, 5) is 2.25. The standard InChI is InChI=1S/C25H30BrNOSi/c1-25(2,3)29(23-11-7-5-8-12-23,24-13-9-6-10-14-24)28-20-19-27(4)22-17-15-21(26)16-18-22/h5-18H,19-20H2,1-4H3. The molecule has 3 rings (SSSR count). The van der Waals surface area contributed by atoms with E-state index in [0.29, 0.717) is 6.61 Å². The Morgan fingerprint density at radius 1 is 0.793 bits per heavy atom. The molecule has 0 bridgehead atoms. The topological polar surface area (TPSA) is 12.5 Å². The predicted octanol–water partition coefficient (Wildman–Crippen LogP) is 5.46. The van der Waals surface area contributed by atoms with Gasteiger partial charge in [-0.3, -0.25) is 0 Å². The van der Waals surface area contributed by atoms with Crippen LogP contribution in [0.2, 0.25) is 5.04 Å². The molecule has 0 amide bonds. The van der Waals surface area contributed by atoms with Crippen molar-refractivity contribution in [3.8, 4) is 0 Å². The number of benzene rings is 3. The molecule has 0 N–H and O–H groups in total. The Hall–Kier alpha value is -1.88. The first kappa shape index (κ1) is 21.8. The van der Waals surface area contributed by atoms with E-state index < -0.39 is 8.32 Å². The third kappa shape index (κ3) is 4.82. The van der Waals surface area contributed by atoms with Crippen LogP contribution in [0.4, 0.5) is 5.69 Å². The summed E-state index contributed by atoms with van der Waals surface area (Å²) < 4.78 is 8.07. The van der Waals surface area contributed by atoms with Crippen molar-refractivity contribution < 1.29 is 4.43 Å². The number of hydrogen-bond donors (Lipinski definition) is 0. The van der Waals surface area contributed by atoms with Gasteiger partial charge in [0.2, 0.25) is 0 Å². The van der Waals surface area contributed by atoms with Crippen LogP contribution in [0.5, 0.6) is 0 Å². The predicted molar refractivity (Wildman–Crippen MR) is 131 cm³/mol. The number of rotatable bonds is 7. The fourth-order valence-electron chi connectivity index (χ4n) is 3.92. The Labute approximate surface area is 184 Å². The van der Waals surface area contributed by atoms with Gasteiger partial charge in [0.1, 0.15) is 0 Å². The molecule has 0 atom stereocenters. The van der Waals surface area contributed by atoms with Gasteiger partial charge in [-0.25, -0.2) is 0 Å². The van der Waals surface area contributed by atoms with Gasteiger partial charge in [-0.2, -0.15) is 0 Å². The average Bonchev–Trinajstić information content (AvgIpc) is 2.72. The van der Waals surface area contributed by atoms with Crippen LogP contribution in [0.15, 0.2) is 89.4 Å². The summed E-state index contributed by atoms with van der Waals surface area (Å²) >= 11 is 3.51. The van der Waals surface area contributed by atoms with Gasteiger partial charge in [0.15, 0.2) is 0 Å². The molecule has 0 aliphatic heterocycles. The molecule has 2 nitrogen and oxygen atoms in total. The van der Waals surface area contributed by atoms with Gasteiger partial charge in [0.25, 0.3) is 8.32 Å². The quantitative estimate of drug-likeness (QED) is 0.427. The molecule has 4 heteroatoms. The van der Waals surface area contributed by atoms with Crippen LogP contribution in [0, 0.1) is 0 Å². The number of anilines is 1. The van der Waals surface area contributed by atoms with Gasteiger partial charge in [-0.05, 0) is 39.7 Å². The van der Waals surface area contributed by atoms with Crippen LogP contribution in [0.3, 0.4) is 0 Å². The summed E-state index contributed by atoms with van der Waals surface area (Å²) in [5.74, 6) is 0. The van der Waals surface area contributed by atoms with E-state index in [-0.39, 0.29) is 5.04 Å². The highest BCUT2D eigenvalue weighted by atomic mass is 79.9. The molecular weight excluding hydrogens is 438 g/mol. The molecule has 0 aliphatic rings. The Morgan fingerprint density at radius 3 is 1.72 bits per heavy atom. The van der Waals surface area contributed by atoms with Gasteiger partial charge >= 0.3 is 0 Å². The lowest BCUT2D eigenvalue weighted by Gasteiger charge is -2.43. The number of hydrogen-bond acceptors (Lipinski definition) is 2. The average molecular weight is 469 g/mol. The van der Waals surface area contributed by atoms with E-state index in [4.69, 9.17) is 4.43 Å². The summed E-state index contributed by atoms with van der Waals surface area (Å²) in [7, 11) is -0.337. The normalized spacial score (nSPS) is 12.0. The summed E-state index contributed by atoms with van der Waals surface area (Å²) in [6, 6.07) is 30.1. The molecule has 3 aromatic rings. The minimum absolute atomic E-state index is 0.00584. The van der Waals surface area contributed by atoms with Gasteiger partial charge in [-0.15, -0.1) is 0 Å². The van der Waals surface area contributed by atoms with Crippen molar-refractivity contribution in [1.82, 2.24) is 0 Å². The van der Waals surface area contributed by atoms with Gasteiger partial charge in [0.05, 0.1) is 6.61 Å². The summed E-state index contributed by atoms with van der Waals surface area (Å²) in [5.41, 5.74) is 1.19. The highest BCUT2D eigenvalue weighted by molar-refractivity contribution is 9.10. The van der Waals surface area contributed by atoms with Crippen molar-refractivity contribution in [2.24, 2.45) is 0 Å². The molecule has 0 heterocycles. The lowest BCUT2D eigenvalue weighted by atomic mass is 10.2. The van der Waals surface area contributed by atoms with Crippen LogP contribution < -0.4 is 15.3 Å². The molecule has 0 unspecified atom stereocenters. The van der Waals surface area contributed by atoms with Crippen molar-refractivity contribution in [2.75, 3.05) is 25.1 Å². The van der Waals surface area contributed by atoms with Gasteiger partial charge < -0.3 is 9.33 Å². The maximum Gasteiger partial charge on any atom is 0.261 e. The smallest absolute Gasteiger partial charge is 0.261 e. The first-order valence-electron chi connectivity index (χ1n) is 10.1. The Kier molecular flexibility index (Phi) is 6.99. The number of likely N-dealkylation sites (N-methyl/N-ethyl adjacent to an activating group) is 1. The SMILES string of the molecule is CN(CCO[Si](c1ccccc1)(c1ccccc1)C(C)(C)C)c1ccc(Br)cc1. The van der Waals surface area contributed by atoms with E-state index in [1.54, 1.807) is 0 Å². The second-order valence-electron chi connectivity index (χ2n) is 8.41. The minimum atomic E-state index is -2.46. The molecule has 0 saturated carbocycles. The summed E-state index contributed by atoms with van der Waals surface area (Å²) in [6.07, 6.45) is 0. The molecular formula is C25H30BrNOSi. The summed E-state index contributed by atoms with van der Waals surface area (Å²) in [5, 5.41) is 2.65. The Bertz CT molecular complexity index is 852. The molecule has 0 spiro atoms. The van der Waals surface area contributed by atoms with Crippen LogP contribution in [-0.4, -0.2) is 28.5 Å². The highest BCUT2D eigenvalue weighted by Gasteiger charge is 2.50. The van der Waals surface area contributed by atoms with Crippen molar-refractivity contribution in [2.45, 2.75) is 25.8 Å². The maximum atomic E-state index is 6.97. The first-order chi connectivity index (χ1) is 13.8. The Balaban J connectivity index is 1.90. The first-order valence-corrected chi connectivity index (χ1v) is 12.8. The van der Waals surface area contributed by atoms with Crippen LogP contribution >= 0.6 is 15.9 Å². The summed E-state index contributed by atoms with van der Waals surface area (Å²) in [6.45, 7) is 8.47. The monoisotopic (exact) mass is 467 g/mol. The van der Waals surface area contributed by atoms with Crippen molar-refractivity contribution in [3.63, 3.8) is 0 Å².